The Morgan fingerprint density at radius 2 is 2.10 bits per heavy atom. The van der Waals surface area contributed by atoms with Crippen LogP contribution < -0.4 is 9.64 Å². The Morgan fingerprint density at radius 1 is 1.24 bits per heavy atom. The van der Waals surface area contributed by atoms with Gasteiger partial charge in [-0.15, -0.1) is 0 Å². The Hall–Kier alpha value is -2.50. The fraction of sp³-hybridized carbons (Fsp3) is 0.565. The van der Waals surface area contributed by atoms with E-state index in [1.54, 1.807) is 0 Å². The lowest BCUT2D eigenvalue weighted by atomic mass is 9.96. The Morgan fingerprint density at radius 3 is 2.86 bits per heavy atom. The first-order valence-electron chi connectivity index (χ1n) is 10.9. The summed E-state index contributed by atoms with van der Waals surface area (Å²) in [5.41, 5.74) is 2.41. The topological polar surface area (TPSA) is 56.6 Å². The number of imidazole rings is 1. The van der Waals surface area contributed by atoms with Crippen LogP contribution in [0.1, 0.15) is 56.9 Å². The average molecular weight is 398 g/mol. The third-order valence-corrected chi connectivity index (χ3v) is 6.00. The second-order valence-corrected chi connectivity index (χ2v) is 8.07. The van der Waals surface area contributed by atoms with E-state index >= 15 is 0 Å². The lowest BCUT2D eigenvalue weighted by molar-refractivity contribution is -0.141. The standard InChI is InChI=1S/C23H31N3O3/c1-2-28-23(27)16-26-15-18(10-12-25-13-11-24-17-25)21-14-20(8-9-22(21)26)29-19-6-4-3-5-7-19/h8-9,11,13-14,17-19H,2-7,10,12,15-16H2,1H3. The number of nitrogens with zero attached hydrogens (tertiary/aromatic N) is 3. The van der Waals surface area contributed by atoms with Gasteiger partial charge in [-0.3, -0.25) is 4.79 Å². The molecule has 1 saturated carbocycles. The van der Waals surface area contributed by atoms with E-state index in [1.165, 1.54) is 24.8 Å². The Balaban J connectivity index is 1.50. The summed E-state index contributed by atoms with van der Waals surface area (Å²) in [7, 11) is 0. The van der Waals surface area contributed by atoms with Gasteiger partial charge in [-0.2, -0.15) is 0 Å². The van der Waals surface area contributed by atoms with Crippen molar-refractivity contribution in [3.63, 3.8) is 0 Å². The van der Waals surface area contributed by atoms with Gasteiger partial charge in [-0.05, 0) is 62.8 Å². The number of ether oxygens (including phenoxy) is 2. The van der Waals surface area contributed by atoms with Crippen LogP contribution in [0.3, 0.4) is 0 Å². The number of carbonyl (C=O) groups is 1. The molecule has 2 aromatic rings. The molecular formula is C23H31N3O3. The van der Waals surface area contributed by atoms with Gasteiger partial charge in [-0.25, -0.2) is 4.98 Å². The van der Waals surface area contributed by atoms with Crippen LogP contribution in [0.2, 0.25) is 0 Å². The molecule has 0 amide bonds. The molecule has 2 aliphatic rings. The summed E-state index contributed by atoms with van der Waals surface area (Å²) in [5, 5.41) is 0. The maximum atomic E-state index is 12.1. The minimum Gasteiger partial charge on any atom is -0.490 e. The van der Waals surface area contributed by atoms with E-state index in [0.29, 0.717) is 25.2 Å². The first kappa shape index (κ1) is 19.8. The maximum Gasteiger partial charge on any atom is 0.325 e. The summed E-state index contributed by atoms with van der Waals surface area (Å²) in [5.74, 6) is 1.15. The van der Waals surface area contributed by atoms with Crippen molar-refractivity contribution >= 4 is 11.7 Å². The van der Waals surface area contributed by atoms with E-state index < -0.39 is 0 Å². The monoisotopic (exact) mass is 397 g/mol. The number of benzene rings is 1. The number of hydrogen-bond donors (Lipinski definition) is 0. The largest absolute Gasteiger partial charge is 0.490 e. The van der Waals surface area contributed by atoms with Gasteiger partial charge < -0.3 is 18.9 Å². The van der Waals surface area contributed by atoms with Gasteiger partial charge in [0.15, 0.2) is 0 Å². The average Bonchev–Trinajstić information content (AvgIpc) is 3.35. The molecule has 0 radical (unpaired) electrons. The minimum absolute atomic E-state index is 0.170. The van der Waals surface area contributed by atoms with Gasteiger partial charge in [0.1, 0.15) is 12.3 Å². The highest BCUT2D eigenvalue weighted by Gasteiger charge is 2.30. The highest BCUT2D eigenvalue weighted by Crippen LogP contribution is 2.41. The molecule has 2 heterocycles. The van der Waals surface area contributed by atoms with E-state index in [0.717, 1.165) is 43.8 Å². The number of carbonyl (C=O) groups excluding carboxylic acids is 1. The van der Waals surface area contributed by atoms with Crippen molar-refractivity contribution in [3.8, 4) is 5.75 Å². The summed E-state index contributed by atoms with van der Waals surface area (Å²) >= 11 is 0. The lowest BCUT2D eigenvalue weighted by Crippen LogP contribution is -2.30. The van der Waals surface area contributed by atoms with Crippen molar-refractivity contribution in [2.45, 2.75) is 64.0 Å². The first-order chi connectivity index (χ1) is 14.2. The van der Waals surface area contributed by atoms with Crippen LogP contribution in [-0.2, 0) is 16.1 Å². The van der Waals surface area contributed by atoms with E-state index in [4.69, 9.17) is 9.47 Å². The molecule has 1 aliphatic carbocycles. The zero-order valence-electron chi connectivity index (χ0n) is 17.3. The molecular weight excluding hydrogens is 366 g/mol. The molecule has 0 saturated heterocycles. The van der Waals surface area contributed by atoms with Gasteiger partial charge >= 0.3 is 5.97 Å². The zero-order valence-corrected chi connectivity index (χ0v) is 17.3. The molecule has 0 bridgehead atoms. The molecule has 6 heteroatoms. The summed E-state index contributed by atoms with van der Waals surface area (Å²) in [6, 6.07) is 6.38. The van der Waals surface area contributed by atoms with Crippen LogP contribution in [0.4, 0.5) is 5.69 Å². The SMILES string of the molecule is CCOC(=O)CN1CC(CCn2ccnc2)c2cc(OC3CCCCC3)ccc21. The third-order valence-electron chi connectivity index (χ3n) is 6.00. The number of esters is 1. The van der Waals surface area contributed by atoms with Gasteiger partial charge in [-0.1, -0.05) is 6.42 Å². The minimum atomic E-state index is -0.170. The van der Waals surface area contributed by atoms with Crippen LogP contribution in [0, 0.1) is 0 Å². The zero-order chi connectivity index (χ0) is 20.1. The summed E-state index contributed by atoms with van der Waals surface area (Å²) in [6.45, 7) is 4.29. The number of hydrogen-bond acceptors (Lipinski definition) is 5. The van der Waals surface area contributed by atoms with Crippen LogP contribution >= 0.6 is 0 Å². The van der Waals surface area contributed by atoms with Crippen molar-refractivity contribution in [2.75, 3.05) is 24.6 Å². The Labute approximate surface area is 172 Å². The highest BCUT2D eigenvalue weighted by molar-refractivity contribution is 5.78. The van der Waals surface area contributed by atoms with Gasteiger partial charge in [0, 0.05) is 37.1 Å². The summed E-state index contributed by atoms with van der Waals surface area (Å²) in [6.07, 6.45) is 13.1. The fourth-order valence-corrected chi connectivity index (χ4v) is 4.54. The predicted octanol–water partition coefficient (Wildman–Crippen LogP) is 4.15. The molecule has 6 nitrogen and oxygen atoms in total. The Kier molecular flexibility index (Phi) is 6.37. The summed E-state index contributed by atoms with van der Waals surface area (Å²) < 4.78 is 13.6. The van der Waals surface area contributed by atoms with Gasteiger partial charge in [0.05, 0.1) is 19.0 Å². The Bertz CT molecular complexity index is 800. The van der Waals surface area contributed by atoms with Crippen LogP contribution in [0.5, 0.6) is 5.75 Å². The van der Waals surface area contributed by atoms with E-state index in [2.05, 4.69) is 32.7 Å². The third kappa shape index (κ3) is 4.92. The second-order valence-electron chi connectivity index (χ2n) is 8.07. The molecule has 4 rings (SSSR count). The molecule has 1 aromatic heterocycles. The highest BCUT2D eigenvalue weighted by atomic mass is 16.5. The molecule has 29 heavy (non-hydrogen) atoms. The number of rotatable bonds is 8. The van der Waals surface area contributed by atoms with E-state index in [1.807, 2.05) is 25.6 Å². The van der Waals surface area contributed by atoms with Crippen molar-refractivity contribution in [3.05, 3.63) is 42.5 Å². The molecule has 0 spiro atoms. The van der Waals surface area contributed by atoms with Crippen LogP contribution in [0.25, 0.3) is 0 Å². The van der Waals surface area contributed by atoms with Gasteiger partial charge in [0.2, 0.25) is 0 Å². The molecule has 1 unspecified atom stereocenters. The van der Waals surface area contributed by atoms with Crippen LogP contribution in [0.15, 0.2) is 36.9 Å². The van der Waals surface area contributed by atoms with Gasteiger partial charge in [0.25, 0.3) is 0 Å². The molecule has 1 aromatic carbocycles. The second kappa shape index (κ2) is 9.33. The molecule has 1 aliphatic heterocycles. The number of anilines is 1. The molecule has 1 fully saturated rings. The molecule has 1 atom stereocenters. The number of aromatic nitrogens is 2. The normalized spacial score (nSPS) is 19.2. The van der Waals surface area contributed by atoms with Crippen molar-refractivity contribution in [2.24, 2.45) is 0 Å². The van der Waals surface area contributed by atoms with Crippen molar-refractivity contribution in [1.29, 1.82) is 0 Å². The number of fused-ring (bicyclic) bond motifs is 1. The summed E-state index contributed by atoms with van der Waals surface area (Å²) in [4.78, 5) is 18.4. The van der Waals surface area contributed by atoms with Crippen LogP contribution in [-0.4, -0.2) is 41.3 Å². The fourth-order valence-electron chi connectivity index (χ4n) is 4.54. The van der Waals surface area contributed by atoms with E-state index in [9.17, 15) is 4.79 Å². The molecule has 0 N–H and O–H groups in total. The smallest absolute Gasteiger partial charge is 0.325 e. The maximum absolute atomic E-state index is 12.1. The first-order valence-corrected chi connectivity index (χ1v) is 10.9. The lowest BCUT2D eigenvalue weighted by Gasteiger charge is -2.23. The predicted molar refractivity (Wildman–Crippen MR) is 112 cm³/mol. The van der Waals surface area contributed by atoms with Crippen molar-refractivity contribution < 1.29 is 14.3 Å². The number of aryl methyl sites for hydroxylation is 1. The van der Waals surface area contributed by atoms with Crippen molar-refractivity contribution in [1.82, 2.24) is 9.55 Å². The molecule has 156 valence electrons. The quantitative estimate of drug-likeness (QED) is 0.626. The van der Waals surface area contributed by atoms with E-state index in [-0.39, 0.29) is 5.97 Å².